The van der Waals surface area contributed by atoms with E-state index in [1.807, 2.05) is 36.4 Å². The number of hydrogen-bond acceptors (Lipinski definition) is 4. The Kier molecular flexibility index (Phi) is 3.73. The fourth-order valence-electron chi connectivity index (χ4n) is 3.03. The van der Waals surface area contributed by atoms with Gasteiger partial charge in [0.2, 0.25) is 0 Å². The predicted octanol–water partition coefficient (Wildman–Crippen LogP) is 2.64. The highest BCUT2D eigenvalue weighted by molar-refractivity contribution is 6.23. The van der Waals surface area contributed by atoms with Crippen molar-refractivity contribution in [2.24, 2.45) is 4.99 Å². The SMILES string of the molecule is CC1=N/C(=C/c2ccccc2)C(=O)N1n1c(C)nc2ccccc2c1=O. The molecule has 2 heterocycles. The predicted molar refractivity (Wildman–Crippen MR) is 101 cm³/mol. The zero-order valence-corrected chi connectivity index (χ0v) is 14.4. The number of aryl methyl sites for hydroxylation is 1. The Morgan fingerprint density at radius 2 is 1.62 bits per heavy atom. The van der Waals surface area contributed by atoms with Crippen LogP contribution >= 0.6 is 0 Å². The molecule has 1 amide bonds. The van der Waals surface area contributed by atoms with Gasteiger partial charge in [0.25, 0.3) is 11.5 Å². The highest BCUT2D eigenvalue weighted by atomic mass is 16.2. The molecular formula is C20H16N4O2. The van der Waals surface area contributed by atoms with E-state index >= 15 is 0 Å². The number of para-hydroxylation sites is 1. The van der Waals surface area contributed by atoms with E-state index in [-0.39, 0.29) is 17.2 Å². The normalized spacial score (nSPS) is 15.8. The van der Waals surface area contributed by atoms with Crippen LogP contribution in [0.1, 0.15) is 18.3 Å². The number of benzene rings is 2. The molecule has 6 heteroatoms. The number of carbonyl (C=O) groups is 1. The van der Waals surface area contributed by atoms with Gasteiger partial charge in [0, 0.05) is 0 Å². The number of hydrogen-bond donors (Lipinski definition) is 0. The van der Waals surface area contributed by atoms with Gasteiger partial charge < -0.3 is 0 Å². The second-order valence-electron chi connectivity index (χ2n) is 6.01. The molecule has 0 aliphatic carbocycles. The van der Waals surface area contributed by atoms with Crippen molar-refractivity contribution in [3.05, 3.63) is 82.0 Å². The van der Waals surface area contributed by atoms with Gasteiger partial charge in [-0.3, -0.25) is 9.59 Å². The van der Waals surface area contributed by atoms with Gasteiger partial charge in [0.15, 0.2) is 0 Å². The molecule has 128 valence electrons. The van der Waals surface area contributed by atoms with Crippen molar-refractivity contribution in [2.45, 2.75) is 13.8 Å². The van der Waals surface area contributed by atoms with Crippen LogP contribution in [0.5, 0.6) is 0 Å². The van der Waals surface area contributed by atoms with E-state index in [2.05, 4.69) is 9.98 Å². The number of aromatic nitrogens is 2. The van der Waals surface area contributed by atoms with E-state index in [1.165, 1.54) is 9.69 Å². The molecule has 0 unspecified atom stereocenters. The first kappa shape index (κ1) is 16.0. The minimum absolute atomic E-state index is 0.285. The lowest BCUT2D eigenvalue weighted by Crippen LogP contribution is -2.48. The van der Waals surface area contributed by atoms with Crippen molar-refractivity contribution in [2.75, 3.05) is 5.01 Å². The number of amides is 1. The van der Waals surface area contributed by atoms with Crippen LogP contribution in [0.4, 0.5) is 0 Å². The molecule has 2 aromatic carbocycles. The quantitative estimate of drug-likeness (QED) is 0.671. The molecule has 1 aromatic heterocycles. The van der Waals surface area contributed by atoms with Crippen LogP contribution < -0.4 is 10.6 Å². The molecule has 0 saturated heterocycles. The minimum Gasteiger partial charge on any atom is -0.267 e. The Hall–Kier alpha value is -3.54. The number of rotatable bonds is 2. The Bertz CT molecular complexity index is 1140. The van der Waals surface area contributed by atoms with Crippen molar-refractivity contribution in [1.29, 1.82) is 0 Å². The summed E-state index contributed by atoms with van der Waals surface area (Å²) in [6.45, 7) is 3.40. The second kappa shape index (κ2) is 6.07. The highest BCUT2D eigenvalue weighted by Gasteiger charge is 2.31. The van der Waals surface area contributed by atoms with Crippen molar-refractivity contribution in [3.63, 3.8) is 0 Å². The van der Waals surface area contributed by atoms with Gasteiger partial charge in [-0.2, -0.15) is 9.69 Å². The molecule has 0 atom stereocenters. The number of amidine groups is 1. The third kappa shape index (κ3) is 2.52. The van der Waals surface area contributed by atoms with Crippen molar-refractivity contribution in [1.82, 2.24) is 9.66 Å². The van der Waals surface area contributed by atoms with Crippen LogP contribution in [-0.4, -0.2) is 21.4 Å². The van der Waals surface area contributed by atoms with E-state index in [0.717, 1.165) is 5.56 Å². The summed E-state index contributed by atoms with van der Waals surface area (Å²) < 4.78 is 1.29. The van der Waals surface area contributed by atoms with Crippen LogP contribution in [0.15, 0.2) is 70.1 Å². The van der Waals surface area contributed by atoms with Gasteiger partial charge in [0.1, 0.15) is 17.4 Å². The Morgan fingerprint density at radius 1 is 0.923 bits per heavy atom. The zero-order chi connectivity index (χ0) is 18.3. The average molecular weight is 344 g/mol. The molecule has 0 spiro atoms. The molecule has 0 bridgehead atoms. The summed E-state index contributed by atoms with van der Waals surface area (Å²) >= 11 is 0. The van der Waals surface area contributed by atoms with Gasteiger partial charge in [-0.15, -0.1) is 0 Å². The average Bonchev–Trinajstić information content (AvgIpc) is 2.90. The van der Waals surface area contributed by atoms with Crippen LogP contribution in [0, 0.1) is 6.92 Å². The smallest absolute Gasteiger partial charge is 0.267 e. The van der Waals surface area contributed by atoms with Crippen molar-refractivity contribution < 1.29 is 4.79 Å². The summed E-state index contributed by atoms with van der Waals surface area (Å²) in [6.07, 6.45) is 1.71. The molecule has 4 rings (SSSR count). The van der Waals surface area contributed by atoms with Gasteiger partial charge >= 0.3 is 0 Å². The highest BCUT2D eigenvalue weighted by Crippen LogP contribution is 2.18. The first-order valence-electron chi connectivity index (χ1n) is 8.21. The molecule has 1 aliphatic heterocycles. The molecule has 1 aliphatic rings. The fraction of sp³-hybridized carbons (Fsp3) is 0.100. The van der Waals surface area contributed by atoms with E-state index in [4.69, 9.17) is 0 Å². The summed E-state index contributed by atoms with van der Waals surface area (Å²) in [7, 11) is 0. The lowest BCUT2D eigenvalue weighted by Gasteiger charge is -2.20. The lowest BCUT2D eigenvalue weighted by molar-refractivity contribution is -0.115. The summed E-state index contributed by atoms with van der Waals surface area (Å²) in [6, 6.07) is 16.6. The lowest BCUT2D eigenvalue weighted by atomic mass is 10.2. The largest absolute Gasteiger partial charge is 0.297 e. The molecule has 26 heavy (non-hydrogen) atoms. The summed E-state index contributed by atoms with van der Waals surface area (Å²) in [5.41, 5.74) is 1.47. The molecular weight excluding hydrogens is 328 g/mol. The standard InChI is InChI=1S/C20H16N4O2/c1-13-21-17-11-7-6-10-16(17)19(25)23(13)24-14(2)22-18(20(24)26)12-15-8-4-3-5-9-15/h3-12H,1-2H3/b18-12+. The number of carbonyl (C=O) groups excluding carboxylic acids is 1. The maximum atomic E-state index is 12.9. The van der Waals surface area contributed by atoms with Crippen LogP contribution in [0.2, 0.25) is 0 Å². The number of nitrogens with zero attached hydrogens (tertiary/aromatic N) is 4. The Morgan fingerprint density at radius 3 is 2.38 bits per heavy atom. The van der Waals surface area contributed by atoms with Gasteiger partial charge in [-0.05, 0) is 37.6 Å². The molecule has 0 saturated carbocycles. The fourth-order valence-corrected chi connectivity index (χ4v) is 3.03. The number of fused-ring (bicyclic) bond motifs is 1. The Labute approximate surface area is 149 Å². The second-order valence-corrected chi connectivity index (χ2v) is 6.01. The van der Waals surface area contributed by atoms with Crippen LogP contribution in [0.3, 0.4) is 0 Å². The van der Waals surface area contributed by atoms with Crippen LogP contribution in [0.25, 0.3) is 17.0 Å². The first-order valence-corrected chi connectivity index (χ1v) is 8.21. The summed E-state index contributed by atoms with van der Waals surface area (Å²) in [5, 5.41) is 1.74. The summed E-state index contributed by atoms with van der Waals surface area (Å²) in [4.78, 5) is 34.7. The number of aliphatic imine (C=N–C) groups is 1. The zero-order valence-electron chi connectivity index (χ0n) is 14.4. The van der Waals surface area contributed by atoms with E-state index in [9.17, 15) is 9.59 Å². The third-order valence-electron chi connectivity index (χ3n) is 4.22. The summed E-state index contributed by atoms with van der Waals surface area (Å²) in [5.74, 6) is 0.505. The maximum Gasteiger partial charge on any atom is 0.297 e. The van der Waals surface area contributed by atoms with Gasteiger partial charge in [-0.1, -0.05) is 42.5 Å². The molecule has 0 N–H and O–H groups in total. The van der Waals surface area contributed by atoms with Crippen LogP contribution in [-0.2, 0) is 4.79 Å². The Balaban J connectivity index is 1.84. The first-order chi connectivity index (χ1) is 12.6. The molecule has 6 nitrogen and oxygen atoms in total. The monoisotopic (exact) mass is 344 g/mol. The van der Waals surface area contributed by atoms with E-state index < -0.39 is 0 Å². The molecule has 3 aromatic rings. The van der Waals surface area contributed by atoms with E-state index in [0.29, 0.717) is 22.6 Å². The third-order valence-corrected chi connectivity index (χ3v) is 4.22. The van der Waals surface area contributed by atoms with Gasteiger partial charge in [0.05, 0.1) is 10.9 Å². The van der Waals surface area contributed by atoms with Crippen molar-refractivity contribution >= 4 is 28.7 Å². The topological polar surface area (TPSA) is 67.6 Å². The minimum atomic E-state index is -0.353. The molecule has 0 radical (unpaired) electrons. The maximum absolute atomic E-state index is 12.9. The molecule has 0 fully saturated rings. The van der Waals surface area contributed by atoms with E-state index in [1.54, 1.807) is 38.1 Å². The van der Waals surface area contributed by atoms with Crippen molar-refractivity contribution in [3.8, 4) is 0 Å². The van der Waals surface area contributed by atoms with Gasteiger partial charge in [-0.25, -0.2) is 9.98 Å².